The zero-order chi connectivity index (χ0) is 16.8. The van der Waals surface area contributed by atoms with Crippen molar-refractivity contribution in [3.8, 4) is 0 Å². The molecule has 0 aliphatic heterocycles. The normalized spacial score (nSPS) is 10.2. The summed E-state index contributed by atoms with van der Waals surface area (Å²) in [7, 11) is 1.60. The van der Waals surface area contributed by atoms with E-state index in [0.717, 1.165) is 10.0 Å². The van der Waals surface area contributed by atoms with E-state index in [1.54, 1.807) is 25.2 Å². The van der Waals surface area contributed by atoms with E-state index in [1.807, 2.05) is 30.3 Å². The molecule has 0 atom stereocenters. The minimum atomic E-state index is -0.257. The van der Waals surface area contributed by atoms with Crippen LogP contribution in [-0.2, 0) is 16.0 Å². The van der Waals surface area contributed by atoms with Crippen LogP contribution < -0.4 is 5.32 Å². The lowest BCUT2D eigenvalue weighted by molar-refractivity contribution is -0.132. The summed E-state index contributed by atoms with van der Waals surface area (Å²) in [5.41, 5.74) is 1.42. The number of nitrogens with one attached hydrogen (secondary N) is 1. The number of benzene rings is 2. The van der Waals surface area contributed by atoms with Gasteiger partial charge in [-0.1, -0.05) is 41.9 Å². The second-order valence-electron chi connectivity index (χ2n) is 5.05. The molecule has 0 aromatic heterocycles. The lowest BCUT2D eigenvalue weighted by Crippen LogP contribution is -2.35. The van der Waals surface area contributed by atoms with Gasteiger partial charge in [-0.15, -0.1) is 0 Å². The molecule has 4 nitrogen and oxygen atoms in total. The van der Waals surface area contributed by atoms with Crippen molar-refractivity contribution in [3.05, 3.63) is 63.6 Å². The van der Waals surface area contributed by atoms with Gasteiger partial charge in [0.25, 0.3) is 0 Å². The number of carbonyl (C=O) groups is 2. The van der Waals surface area contributed by atoms with Gasteiger partial charge in [0, 0.05) is 16.5 Å². The van der Waals surface area contributed by atoms with Gasteiger partial charge in [-0.25, -0.2) is 0 Å². The van der Waals surface area contributed by atoms with Gasteiger partial charge in [0.2, 0.25) is 11.8 Å². The number of carbonyl (C=O) groups excluding carboxylic acids is 2. The minimum Gasteiger partial charge on any atom is -0.336 e. The van der Waals surface area contributed by atoms with Gasteiger partial charge < -0.3 is 10.2 Å². The maximum Gasteiger partial charge on any atom is 0.244 e. The third-order valence-electron chi connectivity index (χ3n) is 3.25. The summed E-state index contributed by atoms with van der Waals surface area (Å²) in [6.07, 6.45) is 0.165. The third kappa shape index (κ3) is 5.08. The van der Waals surface area contributed by atoms with Crippen molar-refractivity contribution < 1.29 is 9.59 Å². The lowest BCUT2D eigenvalue weighted by atomic mass is 10.1. The second-order valence-corrected chi connectivity index (χ2v) is 6.31. The number of para-hydroxylation sites is 1. The molecule has 0 aliphatic rings. The van der Waals surface area contributed by atoms with Crippen LogP contribution in [0.15, 0.2) is 53.0 Å². The smallest absolute Gasteiger partial charge is 0.244 e. The number of hydrogen-bond acceptors (Lipinski definition) is 2. The number of nitrogens with zero attached hydrogens (tertiary/aromatic N) is 1. The first-order valence-corrected chi connectivity index (χ1v) is 8.16. The Morgan fingerprint density at radius 2 is 1.78 bits per heavy atom. The molecular weight excluding hydrogens is 380 g/mol. The Balaban J connectivity index is 1.92. The fourth-order valence-corrected chi connectivity index (χ4v) is 2.58. The predicted octanol–water partition coefficient (Wildman–Crippen LogP) is 3.74. The van der Waals surface area contributed by atoms with Gasteiger partial charge >= 0.3 is 0 Å². The molecule has 6 heteroatoms. The summed E-state index contributed by atoms with van der Waals surface area (Å²) in [4.78, 5) is 25.6. The molecule has 0 radical (unpaired) electrons. The highest BCUT2D eigenvalue weighted by atomic mass is 79.9. The zero-order valence-electron chi connectivity index (χ0n) is 12.6. The van der Waals surface area contributed by atoms with Crippen molar-refractivity contribution in [2.45, 2.75) is 6.42 Å². The van der Waals surface area contributed by atoms with Crippen molar-refractivity contribution >= 4 is 45.0 Å². The topological polar surface area (TPSA) is 49.4 Å². The summed E-state index contributed by atoms with van der Waals surface area (Å²) in [5, 5.41) is 3.31. The van der Waals surface area contributed by atoms with Crippen LogP contribution in [0.1, 0.15) is 5.56 Å². The number of hydrogen-bond donors (Lipinski definition) is 1. The van der Waals surface area contributed by atoms with Gasteiger partial charge in [-0.3, -0.25) is 9.59 Å². The predicted molar refractivity (Wildman–Crippen MR) is 95.6 cm³/mol. The fraction of sp³-hybridized carbons (Fsp3) is 0.176. The molecule has 2 rings (SSSR count). The van der Waals surface area contributed by atoms with Crippen LogP contribution in [-0.4, -0.2) is 30.3 Å². The molecule has 0 saturated carbocycles. The molecule has 2 aromatic rings. The van der Waals surface area contributed by atoms with Crippen molar-refractivity contribution in [1.29, 1.82) is 0 Å². The van der Waals surface area contributed by atoms with Gasteiger partial charge in [0.05, 0.1) is 18.7 Å². The third-order valence-corrected chi connectivity index (χ3v) is 4.31. The molecule has 1 N–H and O–H groups in total. The van der Waals surface area contributed by atoms with E-state index < -0.39 is 0 Å². The Morgan fingerprint density at radius 3 is 2.48 bits per heavy atom. The highest BCUT2D eigenvalue weighted by molar-refractivity contribution is 9.10. The zero-order valence-corrected chi connectivity index (χ0v) is 14.9. The Morgan fingerprint density at radius 1 is 1.13 bits per heavy atom. The lowest BCUT2D eigenvalue weighted by Gasteiger charge is -2.17. The van der Waals surface area contributed by atoms with Crippen LogP contribution in [0.3, 0.4) is 0 Å². The maximum atomic E-state index is 12.2. The summed E-state index contributed by atoms with van der Waals surface area (Å²) in [6.45, 7) is -0.0232. The van der Waals surface area contributed by atoms with E-state index in [-0.39, 0.29) is 24.8 Å². The molecule has 0 aliphatic carbocycles. The molecule has 2 aromatic carbocycles. The van der Waals surface area contributed by atoms with E-state index in [1.165, 1.54) is 4.90 Å². The van der Waals surface area contributed by atoms with Crippen molar-refractivity contribution in [1.82, 2.24) is 4.90 Å². The van der Waals surface area contributed by atoms with Crippen LogP contribution in [0, 0.1) is 0 Å². The molecule has 0 fully saturated rings. The maximum absolute atomic E-state index is 12.2. The molecule has 23 heavy (non-hydrogen) atoms. The van der Waals surface area contributed by atoms with Gasteiger partial charge in [0.15, 0.2) is 0 Å². The van der Waals surface area contributed by atoms with Crippen LogP contribution in [0.4, 0.5) is 5.69 Å². The molecule has 2 amide bonds. The summed E-state index contributed by atoms with van der Waals surface area (Å²) in [6, 6.07) is 14.5. The van der Waals surface area contributed by atoms with Crippen molar-refractivity contribution in [2.24, 2.45) is 0 Å². The van der Waals surface area contributed by atoms with E-state index in [2.05, 4.69) is 21.2 Å². The Kier molecular flexibility index (Phi) is 6.19. The first kappa shape index (κ1) is 17.5. The standard InChI is InChI=1S/C17H16BrClN2O2/c1-21(17(23)10-12-6-2-4-8-14(12)19)11-16(22)20-15-9-5-3-7-13(15)18/h2-9H,10-11H2,1H3,(H,20,22). The van der Waals surface area contributed by atoms with Gasteiger partial charge in [0.1, 0.15) is 0 Å². The van der Waals surface area contributed by atoms with E-state index in [0.29, 0.717) is 10.7 Å². The van der Waals surface area contributed by atoms with Crippen LogP contribution in [0.5, 0.6) is 0 Å². The Labute approximate surface area is 148 Å². The van der Waals surface area contributed by atoms with E-state index >= 15 is 0 Å². The van der Waals surface area contributed by atoms with Gasteiger partial charge in [-0.2, -0.15) is 0 Å². The highest BCUT2D eigenvalue weighted by Crippen LogP contribution is 2.21. The number of anilines is 1. The van der Waals surface area contributed by atoms with E-state index in [9.17, 15) is 9.59 Å². The van der Waals surface area contributed by atoms with Crippen molar-refractivity contribution in [2.75, 3.05) is 18.9 Å². The number of rotatable bonds is 5. The Hall–Kier alpha value is -1.85. The first-order chi connectivity index (χ1) is 11.0. The molecule has 120 valence electrons. The number of halogens is 2. The molecule has 0 saturated heterocycles. The average molecular weight is 396 g/mol. The quantitative estimate of drug-likeness (QED) is 0.838. The highest BCUT2D eigenvalue weighted by Gasteiger charge is 2.15. The molecule has 0 bridgehead atoms. The summed E-state index contributed by atoms with van der Waals surface area (Å²) < 4.78 is 0.790. The van der Waals surface area contributed by atoms with Crippen LogP contribution in [0.2, 0.25) is 5.02 Å². The number of amides is 2. The molecular formula is C17H16BrClN2O2. The average Bonchev–Trinajstić information content (AvgIpc) is 2.51. The largest absolute Gasteiger partial charge is 0.336 e. The Bertz CT molecular complexity index is 721. The summed E-state index contributed by atoms with van der Waals surface area (Å²) >= 11 is 9.41. The molecule has 0 spiro atoms. The minimum absolute atomic E-state index is 0.0232. The van der Waals surface area contributed by atoms with E-state index in [4.69, 9.17) is 11.6 Å². The first-order valence-electron chi connectivity index (χ1n) is 6.99. The SMILES string of the molecule is CN(CC(=O)Nc1ccccc1Br)C(=O)Cc1ccccc1Cl. The number of likely N-dealkylation sites (N-methyl/N-ethyl adjacent to an activating group) is 1. The molecule has 0 unspecified atom stereocenters. The van der Waals surface area contributed by atoms with Gasteiger partial charge in [-0.05, 0) is 39.7 Å². The monoisotopic (exact) mass is 394 g/mol. The summed E-state index contributed by atoms with van der Waals surface area (Å²) in [5.74, 6) is -0.424. The van der Waals surface area contributed by atoms with Crippen molar-refractivity contribution in [3.63, 3.8) is 0 Å². The van der Waals surface area contributed by atoms with Crippen LogP contribution >= 0.6 is 27.5 Å². The van der Waals surface area contributed by atoms with Crippen LogP contribution in [0.25, 0.3) is 0 Å². The second kappa shape index (κ2) is 8.13. The molecule has 0 heterocycles. The fourth-order valence-electron chi connectivity index (χ4n) is 2.00.